The zero-order chi connectivity index (χ0) is 21.9. The zero-order valence-corrected chi connectivity index (χ0v) is 17.5. The lowest BCUT2D eigenvalue weighted by molar-refractivity contribution is 0.0441. The molecule has 32 heavy (non-hydrogen) atoms. The first-order chi connectivity index (χ1) is 15.7. The molecular formula is C25H16ClN3O3. The Morgan fingerprint density at radius 3 is 2.50 bits per heavy atom. The number of carbonyl (C=O) groups excluding carboxylic acids is 1. The van der Waals surface area contributed by atoms with E-state index in [1.165, 1.54) is 0 Å². The summed E-state index contributed by atoms with van der Waals surface area (Å²) in [5.41, 5.74) is 3.17. The Morgan fingerprint density at radius 2 is 1.66 bits per heavy atom. The molecule has 5 aromatic rings. The molecule has 0 aliphatic heterocycles. The highest BCUT2D eigenvalue weighted by Gasteiger charge is 2.18. The number of nitrogens with zero attached hydrogens (tertiary/aromatic N) is 3. The molecule has 0 spiro atoms. The number of fused-ring (bicyclic) bond motifs is 1. The maximum Gasteiger partial charge on any atom is 0.339 e. The second-order valence-electron chi connectivity index (χ2n) is 7.00. The fourth-order valence-corrected chi connectivity index (χ4v) is 3.60. The predicted molar refractivity (Wildman–Crippen MR) is 121 cm³/mol. The average molecular weight is 442 g/mol. The highest BCUT2D eigenvalue weighted by molar-refractivity contribution is 6.33. The summed E-state index contributed by atoms with van der Waals surface area (Å²) >= 11 is 6.35. The molecule has 0 N–H and O–H groups in total. The van der Waals surface area contributed by atoms with Crippen LogP contribution in [0.15, 0.2) is 89.3 Å². The second-order valence-corrected chi connectivity index (χ2v) is 7.40. The van der Waals surface area contributed by atoms with Crippen molar-refractivity contribution in [3.63, 3.8) is 0 Å². The Balaban J connectivity index is 1.43. The van der Waals surface area contributed by atoms with Gasteiger partial charge in [0.05, 0.1) is 16.8 Å². The van der Waals surface area contributed by atoms with E-state index < -0.39 is 5.97 Å². The highest BCUT2D eigenvalue weighted by atomic mass is 35.5. The van der Waals surface area contributed by atoms with Crippen LogP contribution in [-0.2, 0) is 11.3 Å². The fourth-order valence-electron chi connectivity index (χ4n) is 3.37. The topological polar surface area (TPSA) is 78.1 Å². The summed E-state index contributed by atoms with van der Waals surface area (Å²) in [6, 6.07) is 25.8. The number of benzene rings is 3. The standard InChI is InChI=1S/C25H16ClN3O3/c26-20-12-6-4-11-18(20)22-14-19(17-10-5-7-13-21(17)27-22)25(30)31-15-23-28-29-24(32-23)16-8-2-1-3-9-16/h1-14H,15H2. The van der Waals surface area contributed by atoms with Crippen molar-refractivity contribution >= 4 is 28.5 Å². The van der Waals surface area contributed by atoms with Crippen molar-refractivity contribution in [1.82, 2.24) is 15.2 Å². The van der Waals surface area contributed by atoms with Crippen LogP contribution in [0.2, 0.25) is 5.02 Å². The molecule has 0 amide bonds. The molecule has 2 aromatic heterocycles. The van der Waals surface area contributed by atoms with Crippen LogP contribution in [0, 0.1) is 0 Å². The van der Waals surface area contributed by atoms with Crippen LogP contribution < -0.4 is 0 Å². The van der Waals surface area contributed by atoms with Gasteiger partial charge in [0.25, 0.3) is 5.89 Å². The summed E-state index contributed by atoms with van der Waals surface area (Å²) in [5.74, 6) is 0.0604. The Kier molecular flexibility index (Phi) is 5.35. The van der Waals surface area contributed by atoms with Gasteiger partial charge in [0.1, 0.15) is 0 Å². The number of halogens is 1. The average Bonchev–Trinajstić information content (AvgIpc) is 3.32. The first-order valence-corrected chi connectivity index (χ1v) is 10.3. The molecule has 0 unspecified atom stereocenters. The molecule has 0 atom stereocenters. The molecule has 6 nitrogen and oxygen atoms in total. The van der Waals surface area contributed by atoms with E-state index >= 15 is 0 Å². The number of hydrogen-bond donors (Lipinski definition) is 0. The number of aromatic nitrogens is 3. The minimum Gasteiger partial charge on any atom is -0.452 e. The SMILES string of the molecule is O=C(OCc1nnc(-c2ccccc2)o1)c1cc(-c2ccccc2Cl)nc2ccccc12. The monoisotopic (exact) mass is 441 g/mol. The molecule has 156 valence electrons. The lowest BCUT2D eigenvalue weighted by Crippen LogP contribution is -2.07. The minimum absolute atomic E-state index is 0.142. The maximum absolute atomic E-state index is 13.0. The number of esters is 1. The van der Waals surface area contributed by atoms with Crippen LogP contribution in [0.3, 0.4) is 0 Å². The van der Waals surface area contributed by atoms with Gasteiger partial charge in [-0.25, -0.2) is 9.78 Å². The van der Waals surface area contributed by atoms with E-state index in [0.29, 0.717) is 33.1 Å². The third-order valence-electron chi connectivity index (χ3n) is 4.90. The predicted octanol–water partition coefficient (Wildman–Crippen LogP) is 5.96. The van der Waals surface area contributed by atoms with Crippen LogP contribution in [-0.4, -0.2) is 21.2 Å². The first-order valence-electron chi connectivity index (χ1n) is 9.88. The van der Waals surface area contributed by atoms with Crippen LogP contribution in [0.1, 0.15) is 16.2 Å². The fraction of sp³-hybridized carbons (Fsp3) is 0.0400. The molecule has 0 bridgehead atoms. The van der Waals surface area contributed by atoms with Gasteiger partial charge < -0.3 is 9.15 Å². The van der Waals surface area contributed by atoms with Gasteiger partial charge in [0, 0.05) is 21.5 Å². The van der Waals surface area contributed by atoms with Crippen LogP contribution in [0.5, 0.6) is 0 Å². The number of rotatable bonds is 5. The van der Waals surface area contributed by atoms with E-state index in [9.17, 15) is 4.79 Å². The van der Waals surface area contributed by atoms with Gasteiger partial charge in [-0.05, 0) is 30.3 Å². The Bertz CT molecular complexity index is 1420. The van der Waals surface area contributed by atoms with E-state index in [1.807, 2.05) is 72.8 Å². The molecule has 3 aromatic carbocycles. The molecular weight excluding hydrogens is 426 g/mol. The number of carbonyl (C=O) groups is 1. The normalized spacial score (nSPS) is 10.9. The molecule has 0 aliphatic carbocycles. The van der Waals surface area contributed by atoms with Crippen molar-refractivity contribution < 1.29 is 13.9 Å². The lowest BCUT2D eigenvalue weighted by atomic mass is 10.0. The molecule has 0 fully saturated rings. The third kappa shape index (κ3) is 3.96. The van der Waals surface area contributed by atoms with E-state index in [1.54, 1.807) is 12.1 Å². The summed E-state index contributed by atoms with van der Waals surface area (Å²) in [6.07, 6.45) is 0. The van der Waals surface area contributed by atoms with Gasteiger partial charge in [-0.2, -0.15) is 0 Å². The van der Waals surface area contributed by atoms with Crippen LogP contribution in [0.25, 0.3) is 33.6 Å². The summed E-state index contributed by atoms with van der Waals surface area (Å²) in [4.78, 5) is 17.7. The van der Waals surface area contributed by atoms with Gasteiger partial charge in [-0.3, -0.25) is 0 Å². The lowest BCUT2D eigenvalue weighted by Gasteiger charge is -2.10. The number of hydrogen-bond acceptors (Lipinski definition) is 6. The summed E-state index contributed by atoms with van der Waals surface area (Å²) < 4.78 is 11.1. The third-order valence-corrected chi connectivity index (χ3v) is 5.23. The van der Waals surface area contributed by atoms with Gasteiger partial charge in [0.2, 0.25) is 5.89 Å². The second kappa shape index (κ2) is 8.61. The van der Waals surface area contributed by atoms with Crippen molar-refractivity contribution in [2.24, 2.45) is 0 Å². The van der Waals surface area contributed by atoms with Crippen molar-refractivity contribution in [2.75, 3.05) is 0 Å². The van der Waals surface area contributed by atoms with Gasteiger partial charge in [-0.1, -0.05) is 66.2 Å². The molecule has 2 heterocycles. The molecule has 5 rings (SSSR count). The number of ether oxygens (including phenoxy) is 1. The minimum atomic E-state index is -0.517. The summed E-state index contributed by atoms with van der Waals surface area (Å²) in [5, 5.41) is 9.23. The van der Waals surface area contributed by atoms with Gasteiger partial charge in [0.15, 0.2) is 6.61 Å². The van der Waals surface area contributed by atoms with E-state index in [0.717, 1.165) is 11.1 Å². The molecule has 0 saturated heterocycles. The molecule has 0 radical (unpaired) electrons. The van der Waals surface area contributed by atoms with Gasteiger partial charge >= 0.3 is 5.97 Å². The quantitative estimate of drug-likeness (QED) is 0.313. The van der Waals surface area contributed by atoms with E-state index in [4.69, 9.17) is 20.8 Å². The van der Waals surface area contributed by atoms with E-state index in [2.05, 4.69) is 15.2 Å². The Labute approximate surface area is 188 Å². The highest BCUT2D eigenvalue weighted by Crippen LogP contribution is 2.30. The maximum atomic E-state index is 13.0. The largest absolute Gasteiger partial charge is 0.452 e. The first kappa shape index (κ1) is 19.9. The molecule has 7 heteroatoms. The molecule has 0 saturated carbocycles. The van der Waals surface area contributed by atoms with Gasteiger partial charge in [-0.15, -0.1) is 10.2 Å². The molecule has 0 aliphatic rings. The Morgan fingerprint density at radius 1 is 0.906 bits per heavy atom. The van der Waals surface area contributed by atoms with Crippen molar-refractivity contribution in [3.05, 3.63) is 101 Å². The number of para-hydroxylation sites is 1. The van der Waals surface area contributed by atoms with Crippen molar-refractivity contribution in [3.8, 4) is 22.7 Å². The van der Waals surface area contributed by atoms with E-state index in [-0.39, 0.29) is 12.5 Å². The van der Waals surface area contributed by atoms with Crippen molar-refractivity contribution in [2.45, 2.75) is 6.61 Å². The Hall–Kier alpha value is -4.03. The summed E-state index contributed by atoms with van der Waals surface area (Å²) in [6.45, 7) is -0.142. The van der Waals surface area contributed by atoms with Crippen LogP contribution >= 0.6 is 11.6 Å². The zero-order valence-electron chi connectivity index (χ0n) is 16.7. The summed E-state index contributed by atoms with van der Waals surface area (Å²) in [7, 11) is 0. The van der Waals surface area contributed by atoms with Crippen molar-refractivity contribution in [1.29, 1.82) is 0 Å². The van der Waals surface area contributed by atoms with Crippen LogP contribution in [0.4, 0.5) is 0 Å². The number of pyridine rings is 1. The smallest absolute Gasteiger partial charge is 0.339 e.